The smallest absolute Gasteiger partial charge is 0.347 e. The van der Waals surface area contributed by atoms with Gasteiger partial charge in [0.05, 0.1) is 17.5 Å². The Hall–Kier alpha value is -2.18. The predicted molar refractivity (Wildman–Crippen MR) is 116 cm³/mol. The van der Waals surface area contributed by atoms with Crippen LogP contribution < -0.4 is 0 Å². The number of esters is 2. The summed E-state index contributed by atoms with van der Waals surface area (Å²) in [7, 11) is 0. The van der Waals surface area contributed by atoms with Crippen molar-refractivity contribution in [2.75, 3.05) is 13.2 Å². The maximum Gasteiger partial charge on any atom is 0.347 e. The molecule has 0 aromatic heterocycles. The average molecular weight is 417 g/mol. The first kappa shape index (κ1) is 22.1. The number of rotatable bonds is 10. The zero-order valence-electron chi connectivity index (χ0n) is 16.1. The van der Waals surface area contributed by atoms with Crippen LogP contribution in [0, 0.1) is 0 Å². The molecule has 0 amide bonds. The number of carbonyl (C=O) groups is 2. The fourth-order valence-electron chi connectivity index (χ4n) is 2.29. The van der Waals surface area contributed by atoms with Crippen LogP contribution in [0.2, 0.25) is 0 Å². The highest BCUT2D eigenvalue weighted by atomic mass is 32.2. The average Bonchev–Trinajstić information content (AvgIpc) is 2.72. The van der Waals surface area contributed by atoms with Crippen LogP contribution >= 0.6 is 23.5 Å². The molecular formula is C22H24O4S2. The number of ether oxygens (including phenoxy) is 2. The van der Waals surface area contributed by atoms with Gasteiger partial charge < -0.3 is 9.47 Å². The molecule has 28 heavy (non-hydrogen) atoms. The lowest BCUT2D eigenvalue weighted by atomic mass is 10.2. The van der Waals surface area contributed by atoms with Gasteiger partial charge >= 0.3 is 11.9 Å². The summed E-state index contributed by atoms with van der Waals surface area (Å²) in [5.74, 6) is -0.00488. The first-order chi connectivity index (χ1) is 13.7. The molecule has 0 aliphatic carbocycles. The standard InChI is InChI=1S/C22H24O4S2/c1-3-25-20(23)19(21(24)26-4-2)22(27-15-17-11-7-5-8-12-17)28-16-18-13-9-6-10-14-18/h5-14H,3-4,15-16H2,1-2H3. The summed E-state index contributed by atoms with van der Waals surface area (Å²) in [4.78, 5) is 25.0. The molecule has 0 spiro atoms. The SMILES string of the molecule is CCOC(=O)C(C(=O)OCC)=C(SCc1ccccc1)SCc1ccccc1. The first-order valence-corrected chi connectivity index (χ1v) is 11.0. The van der Waals surface area contributed by atoms with Gasteiger partial charge in [-0.15, -0.1) is 23.5 Å². The normalized spacial score (nSPS) is 10.2. The van der Waals surface area contributed by atoms with Crippen molar-refractivity contribution < 1.29 is 19.1 Å². The van der Waals surface area contributed by atoms with Gasteiger partial charge in [-0.1, -0.05) is 60.7 Å². The Bertz CT molecular complexity index is 723. The Morgan fingerprint density at radius 1 is 0.714 bits per heavy atom. The second kappa shape index (κ2) is 12.3. The van der Waals surface area contributed by atoms with E-state index in [4.69, 9.17) is 9.47 Å². The maximum atomic E-state index is 12.5. The molecule has 0 aliphatic rings. The second-order valence-corrected chi connectivity index (χ2v) is 7.88. The van der Waals surface area contributed by atoms with E-state index in [0.29, 0.717) is 15.7 Å². The molecule has 0 aliphatic heterocycles. The molecule has 2 aromatic rings. The zero-order valence-corrected chi connectivity index (χ0v) is 17.7. The van der Waals surface area contributed by atoms with E-state index in [1.807, 2.05) is 60.7 Å². The maximum absolute atomic E-state index is 12.5. The van der Waals surface area contributed by atoms with Crippen LogP contribution in [0.3, 0.4) is 0 Å². The molecule has 2 aromatic carbocycles. The van der Waals surface area contributed by atoms with Gasteiger partial charge in [0.25, 0.3) is 0 Å². The number of hydrogen-bond acceptors (Lipinski definition) is 6. The summed E-state index contributed by atoms with van der Waals surface area (Å²) in [6.45, 7) is 3.83. The van der Waals surface area contributed by atoms with Crippen molar-refractivity contribution in [2.45, 2.75) is 25.4 Å². The molecule has 0 unspecified atom stereocenters. The summed E-state index contributed by atoms with van der Waals surface area (Å²) >= 11 is 2.90. The molecule has 0 saturated carbocycles. The van der Waals surface area contributed by atoms with Crippen LogP contribution in [0.5, 0.6) is 0 Å². The molecule has 148 valence electrons. The van der Waals surface area contributed by atoms with E-state index in [1.165, 1.54) is 23.5 Å². The largest absolute Gasteiger partial charge is 0.462 e. The van der Waals surface area contributed by atoms with E-state index < -0.39 is 11.9 Å². The van der Waals surface area contributed by atoms with Crippen LogP contribution in [0.1, 0.15) is 25.0 Å². The number of benzene rings is 2. The molecule has 2 rings (SSSR count). The number of thioether (sulfide) groups is 2. The molecule has 0 saturated heterocycles. The van der Waals surface area contributed by atoms with Gasteiger partial charge in [-0.25, -0.2) is 9.59 Å². The highest BCUT2D eigenvalue weighted by molar-refractivity contribution is 8.21. The van der Waals surface area contributed by atoms with Crippen molar-refractivity contribution in [3.8, 4) is 0 Å². The van der Waals surface area contributed by atoms with Gasteiger partial charge in [0.2, 0.25) is 0 Å². The van der Waals surface area contributed by atoms with Crippen LogP contribution in [0.25, 0.3) is 0 Å². The van der Waals surface area contributed by atoms with Crippen molar-refractivity contribution in [2.24, 2.45) is 0 Å². The van der Waals surface area contributed by atoms with E-state index in [2.05, 4.69) is 0 Å². The van der Waals surface area contributed by atoms with E-state index in [-0.39, 0.29) is 18.8 Å². The zero-order chi connectivity index (χ0) is 20.2. The Morgan fingerprint density at radius 2 is 1.11 bits per heavy atom. The number of hydrogen-bond donors (Lipinski definition) is 0. The third-order valence-electron chi connectivity index (χ3n) is 3.59. The van der Waals surface area contributed by atoms with Crippen molar-refractivity contribution in [1.82, 2.24) is 0 Å². The molecule has 0 N–H and O–H groups in total. The summed E-state index contributed by atoms with van der Waals surface area (Å²) in [6, 6.07) is 19.8. The van der Waals surface area contributed by atoms with Crippen LogP contribution in [0.15, 0.2) is 70.5 Å². The van der Waals surface area contributed by atoms with Crippen LogP contribution in [-0.2, 0) is 30.6 Å². The minimum atomic E-state index is -0.642. The molecule has 0 fully saturated rings. The van der Waals surface area contributed by atoms with Gasteiger partial charge in [0.15, 0.2) is 5.57 Å². The Balaban J connectivity index is 2.30. The third-order valence-corrected chi connectivity index (χ3v) is 6.18. The van der Waals surface area contributed by atoms with E-state index in [9.17, 15) is 9.59 Å². The molecule has 0 radical (unpaired) electrons. The third kappa shape index (κ3) is 7.09. The highest BCUT2D eigenvalue weighted by Gasteiger charge is 2.27. The quantitative estimate of drug-likeness (QED) is 0.230. The second-order valence-electron chi connectivity index (χ2n) is 5.65. The summed E-state index contributed by atoms with van der Waals surface area (Å²) in [6.07, 6.45) is 0. The van der Waals surface area contributed by atoms with Gasteiger partial charge in [-0.3, -0.25) is 0 Å². The summed E-state index contributed by atoms with van der Waals surface area (Å²) in [5.41, 5.74) is 2.19. The van der Waals surface area contributed by atoms with Crippen molar-refractivity contribution in [1.29, 1.82) is 0 Å². The van der Waals surface area contributed by atoms with E-state index in [0.717, 1.165) is 11.1 Å². The monoisotopic (exact) mass is 416 g/mol. The van der Waals surface area contributed by atoms with Gasteiger partial charge in [-0.05, 0) is 25.0 Å². The van der Waals surface area contributed by atoms with Crippen LogP contribution in [-0.4, -0.2) is 25.2 Å². The summed E-state index contributed by atoms with van der Waals surface area (Å²) in [5, 5.41) is 0. The predicted octanol–water partition coefficient (Wildman–Crippen LogP) is 5.19. The molecule has 0 heterocycles. The van der Waals surface area contributed by atoms with Gasteiger partial charge in [-0.2, -0.15) is 0 Å². The highest BCUT2D eigenvalue weighted by Crippen LogP contribution is 2.37. The number of carbonyl (C=O) groups excluding carboxylic acids is 2. The van der Waals surface area contributed by atoms with E-state index >= 15 is 0 Å². The Labute approximate surface area is 174 Å². The van der Waals surface area contributed by atoms with Gasteiger partial charge in [0, 0.05) is 11.5 Å². The Kier molecular flexibility index (Phi) is 9.72. The fourth-order valence-corrected chi connectivity index (χ4v) is 4.58. The molecule has 4 nitrogen and oxygen atoms in total. The van der Waals surface area contributed by atoms with Crippen LogP contribution in [0.4, 0.5) is 0 Å². The molecular weight excluding hydrogens is 392 g/mol. The van der Waals surface area contributed by atoms with Gasteiger partial charge in [0.1, 0.15) is 0 Å². The van der Waals surface area contributed by atoms with Crippen molar-refractivity contribution >= 4 is 35.5 Å². The molecule has 0 bridgehead atoms. The molecule has 6 heteroatoms. The summed E-state index contributed by atoms with van der Waals surface area (Å²) < 4.78 is 10.9. The lowest BCUT2D eigenvalue weighted by molar-refractivity contribution is -0.146. The lowest BCUT2D eigenvalue weighted by Crippen LogP contribution is -2.19. The minimum absolute atomic E-state index is 0.0226. The Morgan fingerprint density at radius 3 is 1.46 bits per heavy atom. The molecule has 0 atom stereocenters. The first-order valence-electron chi connectivity index (χ1n) is 9.07. The lowest BCUT2D eigenvalue weighted by Gasteiger charge is -2.13. The van der Waals surface area contributed by atoms with Crippen molar-refractivity contribution in [3.63, 3.8) is 0 Å². The van der Waals surface area contributed by atoms with E-state index in [1.54, 1.807) is 13.8 Å². The minimum Gasteiger partial charge on any atom is -0.462 e. The topological polar surface area (TPSA) is 52.6 Å². The fraction of sp³-hybridized carbons (Fsp3) is 0.273. The van der Waals surface area contributed by atoms with Crippen molar-refractivity contribution in [3.05, 3.63) is 81.6 Å².